The van der Waals surface area contributed by atoms with Gasteiger partial charge in [-0.1, -0.05) is 12.1 Å². The van der Waals surface area contributed by atoms with Crippen molar-refractivity contribution in [3.05, 3.63) is 47.3 Å². The monoisotopic (exact) mass is 432 g/mol. The number of likely N-dealkylation sites (N-methyl/N-ethyl adjacent to an activating group) is 1. The molecule has 1 aromatic heterocycles. The van der Waals surface area contributed by atoms with E-state index in [2.05, 4.69) is 15.5 Å². The number of halogens is 3. The first-order valence-electron chi connectivity index (χ1n) is 8.74. The first-order chi connectivity index (χ1) is 12.5. The van der Waals surface area contributed by atoms with E-state index < -0.39 is 0 Å². The van der Waals surface area contributed by atoms with Gasteiger partial charge in [0.15, 0.2) is 0 Å². The van der Waals surface area contributed by atoms with Crippen LogP contribution in [-0.4, -0.2) is 63.7 Å². The maximum Gasteiger partial charge on any atom is 0.237 e. The Labute approximate surface area is 177 Å². The summed E-state index contributed by atoms with van der Waals surface area (Å²) in [7, 11) is 3.80. The fourth-order valence-corrected chi connectivity index (χ4v) is 3.22. The van der Waals surface area contributed by atoms with Gasteiger partial charge in [-0.05, 0) is 31.7 Å². The number of amides is 1. The summed E-state index contributed by atoms with van der Waals surface area (Å²) in [5, 5.41) is 11.5. The van der Waals surface area contributed by atoms with Crippen molar-refractivity contribution < 1.29 is 9.18 Å². The zero-order valence-electron chi connectivity index (χ0n) is 16.3. The second-order valence-corrected chi connectivity index (χ2v) is 6.76. The molecular formula is C18H27Cl2FN6O. The highest BCUT2D eigenvalue weighted by atomic mass is 35.5. The molecule has 7 nitrogen and oxygen atoms in total. The molecule has 10 heteroatoms. The number of hydrogen-bond donors (Lipinski definition) is 1. The van der Waals surface area contributed by atoms with Crippen LogP contribution in [0.1, 0.15) is 23.3 Å². The van der Waals surface area contributed by atoms with Crippen LogP contribution in [0.25, 0.3) is 0 Å². The number of hydrogen-bond acceptors (Lipinski definition) is 5. The molecule has 1 N–H and O–H groups in total. The van der Waals surface area contributed by atoms with Crippen molar-refractivity contribution in [1.29, 1.82) is 0 Å². The van der Waals surface area contributed by atoms with E-state index in [1.54, 1.807) is 6.07 Å². The summed E-state index contributed by atoms with van der Waals surface area (Å²) in [5.41, 5.74) is 0.817. The van der Waals surface area contributed by atoms with Crippen molar-refractivity contribution in [2.75, 3.05) is 33.2 Å². The Morgan fingerprint density at radius 2 is 2.11 bits per heavy atom. The van der Waals surface area contributed by atoms with Gasteiger partial charge in [0.1, 0.15) is 17.5 Å². The van der Waals surface area contributed by atoms with E-state index in [1.165, 1.54) is 12.1 Å². The summed E-state index contributed by atoms with van der Waals surface area (Å²) < 4.78 is 15.5. The van der Waals surface area contributed by atoms with E-state index in [9.17, 15) is 9.18 Å². The van der Waals surface area contributed by atoms with Crippen LogP contribution in [0.3, 0.4) is 0 Å². The Morgan fingerprint density at radius 3 is 2.75 bits per heavy atom. The largest absolute Gasteiger partial charge is 0.332 e. The molecule has 1 amide bonds. The number of piperazine rings is 1. The molecule has 1 atom stereocenters. The minimum Gasteiger partial charge on any atom is -0.332 e. The van der Waals surface area contributed by atoms with Gasteiger partial charge in [0, 0.05) is 26.7 Å². The highest BCUT2D eigenvalue weighted by Crippen LogP contribution is 2.23. The van der Waals surface area contributed by atoms with Crippen LogP contribution in [0.5, 0.6) is 0 Å². The van der Waals surface area contributed by atoms with Gasteiger partial charge in [0.25, 0.3) is 0 Å². The van der Waals surface area contributed by atoms with Crippen LogP contribution in [-0.2, 0) is 18.4 Å². The van der Waals surface area contributed by atoms with Crippen LogP contribution in [0.15, 0.2) is 24.3 Å². The van der Waals surface area contributed by atoms with E-state index in [0.29, 0.717) is 19.6 Å². The summed E-state index contributed by atoms with van der Waals surface area (Å²) in [5.74, 6) is 1.41. The van der Waals surface area contributed by atoms with Gasteiger partial charge in [-0.25, -0.2) is 4.39 Å². The Morgan fingerprint density at radius 1 is 1.36 bits per heavy atom. The van der Waals surface area contributed by atoms with Crippen molar-refractivity contribution >= 4 is 30.7 Å². The number of aryl methyl sites for hydroxylation is 1. The molecule has 1 fully saturated rings. The quantitative estimate of drug-likeness (QED) is 0.778. The summed E-state index contributed by atoms with van der Waals surface area (Å²) in [4.78, 5) is 16.6. The molecule has 0 radical (unpaired) electrons. The smallest absolute Gasteiger partial charge is 0.237 e. The molecular weight excluding hydrogens is 406 g/mol. The number of rotatable bonds is 5. The van der Waals surface area contributed by atoms with E-state index in [-0.39, 0.29) is 49.1 Å². The average Bonchev–Trinajstić information content (AvgIpc) is 2.93. The fourth-order valence-electron chi connectivity index (χ4n) is 3.22. The molecule has 0 bridgehead atoms. The third-order valence-electron chi connectivity index (χ3n) is 4.80. The Kier molecular flexibility index (Phi) is 9.29. The third-order valence-corrected chi connectivity index (χ3v) is 4.80. The van der Waals surface area contributed by atoms with Crippen LogP contribution in [0, 0.1) is 12.7 Å². The lowest BCUT2D eigenvalue weighted by molar-refractivity contribution is -0.135. The van der Waals surface area contributed by atoms with E-state index in [0.717, 1.165) is 23.8 Å². The molecule has 28 heavy (non-hydrogen) atoms. The van der Waals surface area contributed by atoms with Crippen LogP contribution in [0.2, 0.25) is 0 Å². The lowest BCUT2D eigenvalue weighted by Crippen LogP contribution is -2.51. The molecule has 0 aliphatic carbocycles. The van der Waals surface area contributed by atoms with Crippen molar-refractivity contribution in [2.24, 2.45) is 7.05 Å². The Balaban J connectivity index is 0.00000196. The number of aromatic nitrogens is 3. The highest BCUT2D eigenvalue weighted by molar-refractivity contribution is 5.85. The van der Waals surface area contributed by atoms with Gasteiger partial charge in [-0.15, -0.1) is 35.0 Å². The van der Waals surface area contributed by atoms with Gasteiger partial charge >= 0.3 is 0 Å². The molecule has 0 spiro atoms. The number of carbonyl (C=O) groups is 1. The minimum atomic E-state index is -0.282. The first kappa shape index (κ1) is 24.3. The summed E-state index contributed by atoms with van der Waals surface area (Å²) in [6, 6.07) is 6.32. The molecule has 3 rings (SSSR count). The third kappa shape index (κ3) is 5.64. The molecule has 1 aliphatic heterocycles. The van der Waals surface area contributed by atoms with Crippen molar-refractivity contribution in [3.63, 3.8) is 0 Å². The average molecular weight is 433 g/mol. The molecule has 156 valence electrons. The maximum absolute atomic E-state index is 13.6. The van der Waals surface area contributed by atoms with Gasteiger partial charge < -0.3 is 14.8 Å². The zero-order valence-corrected chi connectivity index (χ0v) is 17.9. The summed E-state index contributed by atoms with van der Waals surface area (Å²) in [6.45, 7) is 4.69. The Hall–Kier alpha value is -1.74. The normalized spacial score (nSPS) is 16.5. The number of benzene rings is 1. The lowest BCUT2D eigenvalue weighted by Gasteiger charge is -2.37. The van der Waals surface area contributed by atoms with E-state index in [1.807, 2.05) is 41.5 Å². The van der Waals surface area contributed by atoms with Gasteiger partial charge in [-0.2, -0.15) is 0 Å². The Bertz CT molecular complexity index is 787. The standard InChI is InChI=1S/C18H25FN6O.2ClH/c1-13-21-22-17(24(13)3)11-23(2)12-18(26)25-8-7-20-10-16(25)14-5-4-6-15(19)9-14;;/h4-6,9,16,20H,7-8,10-12H2,1-3H3;2*1H. The molecule has 1 aliphatic rings. The molecule has 1 saturated heterocycles. The number of carbonyl (C=O) groups excluding carboxylic acids is 1. The fraction of sp³-hybridized carbons (Fsp3) is 0.500. The van der Waals surface area contributed by atoms with E-state index >= 15 is 0 Å². The molecule has 2 aromatic rings. The number of nitrogens with zero attached hydrogens (tertiary/aromatic N) is 5. The minimum absolute atomic E-state index is 0. The second kappa shape index (κ2) is 10.7. The van der Waals surface area contributed by atoms with Crippen LogP contribution >= 0.6 is 24.8 Å². The molecule has 2 heterocycles. The first-order valence-corrected chi connectivity index (χ1v) is 8.74. The second-order valence-electron chi connectivity index (χ2n) is 6.76. The summed E-state index contributed by atoms with van der Waals surface area (Å²) >= 11 is 0. The van der Waals surface area contributed by atoms with E-state index in [4.69, 9.17) is 0 Å². The number of nitrogens with one attached hydrogen (secondary N) is 1. The van der Waals surface area contributed by atoms with Crippen LogP contribution < -0.4 is 5.32 Å². The van der Waals surface area contributed by atoms with Crippen LogP contribution in [0.4, 0.5) is 4.39 Å². The van der Waals surface area contributed by atoms with Gasteiger partial charge in [0.05, 0.1) is 19.1 Å². The van der Waals surface area contributed by atoms with Crippen molar-refractivity contribution in [2.45, 2.75) is 19.5 Å². The topological polar surface area (TPSA) is 66.3 Å². The van der Waals surface area contributed by atoms with Gasteiger partial charge in [0.2, 0.25) is 5.91 Å². The maximum atomic E-state index is 13.6. The van der Waals surface area contributed by atoms with Gasteiger partial charge in [-0.3, -0.25) is 9.69 Å². The molecule has 0 saturated carbocycles. The highest BCUT2D eigenvalue weighted by Gasteiger charge is 2.28. The lowest BCUT2D eigenvalue weighted by atomic mass is 10.0. The predicted octanol–water partition coefficient (Wildman–Crippen LogP) is 1.71. The zero-order chi connectivity index (χ0) is 18.7. The molecule has 1 aromatic carbocycles. The predicted molar refractivity (Wildman–Crippen MR) is 110 cm³/mol. The summed E-state index contributed by atoms with van der Waals surface area (Å²) in [6.07, 6.45) is 0. The SMILES string of the molecule is Cc1nnc(CN(C)CC(=O)N2CCNCC2c2cccc(F)c2)n1C.Cl.Cl. The van der Waals surface area contributed by atoms with Crippen molar-refractivity contribution in [1.82, 2.24) is 29.9 Å². The van der Waals surface area contributed by atoms with Crippen molar-refractivity contribution in [3.8, 4) is 0 Å². The molecule has 1 unspecified atom stereocenters.